The SMILES string of the molecule is CC1CCN(C(C)C(=O)Nc2ccc(Cl)cc2F)CC1. The number of anilines is 1. The van der Waals surface area contributed by atoms with Crippen molar-refractivity contribution >= 4 is 23.2 Å². The van der Waals surface area contributed by atoms with E-state index in [2.05, 4.69) is 17.1 Å². The summed E-state index contributed by atoms with van der Waals surface area (Å²) < 4.78 is 13.7. The van der Waals surface area contributed by atoms with Gasteiger partial charge in [0.15, 0.2) is 0 Å². The van der Waals surface area contributed by atoms with Crippen molar-refractivity contribution in [3.05, 3.63) is 29.0 Å². The molecule has 0 bridgehead atoms. The molecule has 1 aromatic rings. The topological polar surface area (TPSA) is 32.3 Å². The van der Waals surface area contributed by atoms with Crippen molar-refractivity contribution in [1.82, 2.24) is 4.90 Å². The smallest absolute Gasteiger partial charge is 0.241 e. The fourth-order valence-corrected chi connectivity index (χ4v) is 2.57. The van der Waals surface area contributed by atoms with Crippen LogP contribution in [0, 0.1) is 11.7 Å². The number of carbonyl (C=O) groups is 1. The van der Waals surface area contributed by atoms with Gasteiger partial charge in [0.2, 0.25) is 5.91 Å². The van der Waals surface area contributed by atoms with Crippen molar-refractivity contribution in [2.75, 3.05) is 18.4 Å². The lowest BCUT2D eigenvalue weighted by molar-refractivity contribution is -0.121. The van der Waals surface area contributed by atoms with Gasteiger partial charge in [0.05, 0.1) is 11.7 Å². The van der Waals surface area contributed by atoms with Gasteiger partial charge in [-0.1, -0.05) is 18.5 Å². The van der Waals surface area contributed by atoms with E-state index in [0.717, 1.165) is 31.8 Å². The Hall–Kier alpha value is -1.13. The van der Waals surface area contributed by atoms with Crippen LogP contribution in [0.1, 0.15) is 26.7 Å². The Kier molecular flexibility index (Phi) is 5.00. The van der Waals surface area contributed by atoms with Gasteiger partial charge in [-0.25, -0.2) is 4.39 Å². The van der Waals surface area contributed by atoms with Crippen LogP contribution in [0.15, 0.2) is 18.2 Å². The van der Waals surface area contributed by atoms with E-state index in [9.17, 15) is 9.18 Å². The Labute approximate surface area is 124 Å². The van der Waals surface area contributed by atoms with Crippen LogP contribution >= 0.6 is 11.6 Å². The van der Waals surface area contributed by atoms with Crippen LogP contribution in [0.3, 0.4) is 0 Å². The number of carbonyl (C=O) groups excluding carboxylic acids is 1. The number of hydrogen-bond donors (Lipinski definition) is 1. The van der Waals surface area contributed by atoms with E-state index in [0.29, 0.717) is 5.02 Å². The van der Waals surface area contributed by atoms with Crippen LogP contribution in [-0.2, 0) is 4.79 Å². The van der Waals surface area contributed by atoms with Crippen molar-refractivity contribution in [3.8, 4) is 0 Å². The third kappa shape index (κ3) is 3.70. The van der Waals surface area contributed by atoms with Gasteiger partial charge in [0.1, 0.15) is 5.82 Å². The molecule has 1 fully saturated rings. The summed E-state index contributed by atoms with van der Waals surface area (Å²) in [4.78, 5) is 14.3. The highest BCUT2D eigenvalue weighted by Crippen LogP contribution is 2.21. The highest BCUT2D eigenvalue weighted by atomic mass is 35.5. The molecule has 1 aromatic carbocycles. The Balaban J connectivity index is 1.97. The molecule has 1 aliphatic heterocycles. The molecule has 1 saturated heterocycles. The Bertz CT molecular complexity index is 487. The van der Waals surface area contributed by atoms with Crippen molar-refractivity contribution < 1.29 is 9.18 Å². The van der Waals surface area contributed by atoms with Gasteiger partial charge in [0.25, 0.3) is 0 Å². The molecule has 1 atom stereocenters. The van der Waals surface area contributed by atoms with Crippen LogP contribution in [0.2, 0.25) is 5.02 Å². The summed E-state index contributed by atoms with van der Waals surface area (Å²) >= 11 is 5.69. The lowest BCUT2D eigenvalue weighted by Crippen LogP contribution is -2.45. The number of benzene rings is 1. The molecule has 1 unspecified atom stereocenters. The molecule has 2 rings (SSSR count). The van der Waals surface area contributed by atoms with Crippen LogP contribution in [0.5, 0.6) is 0 Å². The van der Waals surface area contributed by atoms with Gasteiger partial charge in [0, 0.05) is 5.02 Å². The molecule has 1 N–H and O–H groups in total. The second kappa shape index (κ2) is 6.55. The number of nitrogens with one attached hydrogen (secondary N) is 1. The predicted molar refractivity (Wildman–Crippen MR) is 79.5 cm³/mol. The lowest BCUT2D eigenvalue weighted by atomic mass is 9.98. The predicted octanol–water partition coefficient (Wildman–Crippen LogP) is 3.54. The second-order valence-electron chi connectivity index (χ2n) is 5.51. The number of piperidine rings is 1. The molecule has 3 nitrogen and oxygen atoms in total. The number of hydrogen-bond acceptors (Lipinski definition) is 2. The zero-order valence-corrected chi connectivity index (χ0v) is 12.6. The highest BCUT2D eigenvalue weighted by Gasteiger charge is 2.25. The number of likely N-dealkylation sites (tertiary alicyclic amines) is 1. The fraction of sp³-hybridized carbons (Fsp3) is 0.533. The summed E-state index contributed by atoms with van der Waals surface area (Å²) in [6.07, 6.45) is 2.21. The van der Waals surface area contributed by atoms with E-state index < -0.39 is 5.82 Å². The molecular weight excluding hydrogens is 279 g/mol. The summed E-state index contributed by atoms with van der Waals surface area (Å²) in [7, 11) is 0. The average Bonchev–Trinajstić information content (AvgIpc) is 2.42. The molecule has 1 heterocycles. The fourth-order valence-electron chi connectivity index (χ4n) is 2.41. The zero-order chi connectivity index (χ0) is 14.7. The van der Waals surface area contributed by atoms with Gasteiger partial charge >= 0.3 is 0 Å². The van der Waals surface area contributed by atoms with Gasteiger partial charge in [-0.2, -0.15) is 0 Å². The third-order valence-electron chi connectivity index (χ3n) is 3.93. The monoisotopic (exact) mass is 298 g/mol. The summed E-state index contributed by atoms with van der Waals surface area (Å²) in [5.74, 6) is 0.0290. The zero-order valence-electron chi connectivity index (χ0n) is 11.8. The summed E-state index contributed by atoms with van der Waals surface area (Å²) in [5, 5.41) is 2.95. The van der Waals surface area contributed by atoms with Crippen LogP contribution in [-0.4, -0.2) is 29.9 Å². The molecule has 1 amide bonds. The van der Waals surface area contributed by atoms with Crippen molar-refractivity contribution in [2.24, 2.45) is 5.92 Å². The van der Waals surface area contributed by atoms with E-state index in [1.165, 1.54) is 12.1 Å². The Morgan fingerprint density at radius 3 is 2.70 bits per heavy atom. The molecule has 0 spiro atoms. The van der Waals surface area contributed by atoms with E-state index in [1.807, 2.05) is 6.92 Å². The first kappa shape index (κ1) is 15.3. The molecule has 0 aliphatic carbocycles. The maximum absolute atomic E-state index is 13.7. The number of amides is 1. The molecular formula is C15H20ClFN2O. The van der Waals surface area contributed by atoms with Crippen LogP contribution < -0.4 is 5.32 Å². The minimum atomic E-state index is -0.509. The van der Waals surface area contributed by atoms with E-state index in [1.54, 1.807) is 6.07 Å². The summed E-state index contributed by atoms with van der Waals surface area (Å²) in [6.45, 7) is 5.92. The van der Waals surface area contributed by atoms with Gasteiger partial charge in [-0.05, 0) is 57.0 Å². The summed E-state index contributed by atoms with van der Waals surface area (Å²) in [6, 6.07) is 4.00. The maximum atomic E-state index is 13.7. The van der Waals surface area contributed by atoms with Crippen molar-refractivity contribution in [3.63, 3.8) is 0 Å². The molecule has 0 aromatic heterocycles. The van der Waals surface area contributed by atoms with E-state index in [4.69, 9.17) is 11.6 Å². The lowest BCUT2D eigenvalue weighted by Gasteiger charge is -2.34. The quantitative estimate of drug-likeness (QED) is 0.926. The Morgan fingerprint density at radius 2 is 2.10 bits per heavy atom. The molecule has 5 heteroatoms. The third-order valence-corrected chi connectivity index (χ3v) is 4.17. The van der Waals surface area contributed by atoms with Crippen LogP contribution in [0.4, 0.5) is 10.1 Å². The molecule has 0 radical (unpaired) electrons. The maximum Gasteiger partial charge on any atom is 0.241 e. The molecule has 1 aliphatic rings. The van der Waals surface area contributed by atoms with E-state index in [-0.39, 0.29) is 17.6 Å². The second-order valence-corrected chi connectivity index (χ2v) is 5.94. The minimum Gasteiger partial charge on any atom is -0.322 e. The highest BCUT2D eigenvalue weighted by molar-refractivity contribution is 6.30. The molecule has 20 heavy (non-hydrogen) atoms. The van der Waals surface area contributed by atoms with Gasteiger partial charge in [-0.3, -0.25) is 9.69 Å². The van der Waals surface area contributed by atoms with Crippen molar-refractivity contribution in [1.29, 1.82) is 0 Å². The standard InChI is InChI=1S/C15H20ClFN2O/c1-10-5-7-19(8-6-10)11(2)15(20)18-14-4-3-12(16)9-13(14)17/h3-4,9-11H,5-8H2,1-2H3,(H,18,20). The largest absolute Gasteiger partial charge is 0.322 e. The number of halogens is 2. The average molecular weight is 299 g/mol. The minimum absolute atomic E-state index is 0.177. The van der Waals surface area contributed by atoms with E-state index >= 15 is 0 Å². The molecule has 0 saturated carbocycles. The normalized spacial score (nSPS) is 18.8. The first-order chi connectivity index (χ1) is 9.47. The van der Waals surface area contributed by atoms with Crippen LogP contribution in [0.25, 0.3) is 0 Å². The van der Waals surface area contributed by atoms with Crippen molar-refractivity contribution in [2.45, 2.75) is 32.7 Å². The Morgan fingerprint density at radius 1 is 1.45 bits per heavy atom. The van der Waals surface area contributed by atoms with Gasteiger partial charge in [-0.15, -0.1) is 0 Å². The number of nitrogens with zero attached hydrogens (tertiary/aromatic N) is 1. The summed E-state index contributed by atoms with van der Waals surface area (Å²) in [5.41, 5.74) is 0.177. The first-order valence-corrected chi connectivity index (χ1v) is 7.35. The first-order valence-electron chi connectivity index (χ1n) is 6.97. The molecule has 110 valence electrons. The number of rotatable bonds is 3. The van der Waals surface area contributed by atoms with Gasteiger partial charge < -0.3 is 5.32 Å².